The van der Waals surface area contributed by atoms with E-state index in [9.17, 15) is 35.1 Å². The number of carbonyl (C=O) groups excluding carboxylic acids is 2. The van der Waals surface area contributed by atoms with Crippen LogP contribution in [0.15, 0.2) is 72.9 Å². The molecule has 1 amide bonds. The number of nitrogens with one attached hydrogen (secondary N) is 1. The normalized spacial score (nSPS) is 20.1. The summed E-state index contributed by atoms with van der Waals surface area (Å²) >= 11 is 0. The lowest BCUT2D eigenvalue weighted by atomic mass is 9.99. The van der Waals surface area contributed by atoms with Crippen LogP contribution in [-0.4, -0.2) is 99.6 Å². The number of allylic oxidation sites excluding steroid dienone is 11. The maximum absolute atomic E-state index is 13.4. The van der Waals surface area contributed by atoms with Crippen LogP contribution in [0, 0.1) is 0 Å². The van der Waals surface area contributed by atoms with E-state index in [4.69, 9.17) is 14.2 Å². The number of carbonyl (C=O) groups is 2. The lowest BCUT2D eigenvalue weighted by Crippen LogP contribution is -2.61. The molecular weight excluding hydrogens is 895 g/mol. The summed E-state index contributed by atoms with van der Waals surface area (Å²) in [6.45, 7) is 5.61. The van der Waals surface area contributed by atoms with E-state index < -0.39 is 67.4 Å². The zero-order chi connectivity index (χ0) is 51.8. The van der Waals surface area contributed by atoms with Crippen molar-refractivity contribution in [3.05, 3.63) is 72.9 Å². The Kier molecular flexibility index (Phi) is 44.8. The average molecular weight is 1000 g/mol. The molecule has 0 spiro atoms. The van der Waals surface area contributed by atoms with Gasteiger partial charge in [-0.3, -0.25) is 9.59 Å². The first kappa shape index (κ1) is 66.1. The highest BCUT2D eigenvalue weighted by atomic mass is 16.7. The van der Waals surface area contributed by atoms with Crippen molar-refractivity contribution >= 4 is 11.9 Å². The van der Waals surface area contributed by atoms with Gasteiger partial charge < -0.3 is 45.1 Å². The van der Waals surface area contributed by atoms with Crippen molar-refractivity contribution in [3.8, 4) is 0 Å². The predicted molar refractivity (Wildman–Crippen MR) is 292 cm³/mol. The van der Waals surface area contributed by atoms with Gasteiger partial charge in [-0.25, -0.2) is 0 Å². The van der Waals surface area contributed by atoms with Gasteiger partial charge in [0.15, 0.2) is 12.4 Å². The third-order valence-electron chi connectivity index (χ3n) is 13.1. The van der Waals surface area contributed by atoms with Gasteiger partial charge in [0.25, 0.3) is 0 Å². The number of rotatable bonds is 47. The first-order valence-electron chi connectivity index (χ1n) is 28.7. The Morgan fingerprint density at radius 3 is 1.55 bits per heavy atom. The van der Waals surface area contributed by atoms with E-state index >= 15 is 0 Å². The second kappa shape index (κ2) is 48.1. The van der Waals surface area contributed by atoms with Crippen LogP contribution in [-0.2, 0) is 23.8 Å². The number of hydrogen-bond acceptors (Lipinski definition) is 10. The Hall–Kier alpha value is -2.90. The van der Waals surface area contributed by atoms with Crippen LogP contribution in [0.3, 0.4) is 0 Å². The van der Waals surface area contributed by atoms with Crippen molar-refractivity contribution in [1.29, 1.82) is 0 Å². The van der Waals surface area contributed by atoms with Crippen LogP contribution < -0.4 is 5.32 Å². The van der Waals surface area contributed by atoms with E-state index in [2.05, 4.69) is 86.8 Å². The minimum Gasteiger partial charge on any atom is -0.454 e. The quantitative estimate of drug-likeness (QED) is 0.0196. The molecular formula is C60H105NO10. The molecule has 11 nitrogen and oxygen atoms in total. The minimum atomic E-state index is -1.63. The van der Waals surface area contributed by atoms with Crippen LogP contribution in [0.4, 0.5) is 0 Å². The molecule has 1 aliphatic rings. The summed E-state index contributed by atoms with van der Waals surface area (Å²) < 4.78 is 17.5. The molecule has 1 rings (SSSR count). The number of ether oxygens (including phenoxy) is 3. The molecule has 410 valence electrons. The molecule has 11 heteroatoms. The Morgan fingerprint density at radius 2 is 1.01 bits per heavy atom. The summed E-state index contributed by atoms with van der Waals surface area (Å²) in [7, 11) is 0. The lowest BCUT2D eigenvalue weighted by Gasteiger charge is -2.41. The van der Waals surface area contributed by atoms with E-state index in [-0.39, 0.29) is 19.4 Å². The van der Waals surface area contributed by atoms with Crippen molar-refractivity contribution in [2.75, 3.05) is 13.2 Å². The summed E-state index contributed by atoms with van der Waals surface area (Å²) in [5.74, 6) is -1.23. The summed E-state index contributed by atoms with van der Waals surface area (Å²) in [6.07, 6.45) is 49.4. The van der Waals surface area contributed by atoms with E-state index in [1.54, 1.807) is 6.08 Å². The Morgan fingerprint density at radius 1 is 0.563 bits per heavy atom. The third-order valence-corrected chi connectivity index (χ3v) is 13.1. The van der Waals surface area contributed by atoms with Crippen molar-refractivity contribution in [2.24, 2.45) is 0 Å². The molecule has 0 aliphatic carbocycles. The SMILES string of the molecule is CC/C=C/C/C=C/CCCCCCCCC(O)C(=O)NC(COC1OC(CO)C(O)C(O)C1OC(=O)CCCCCC/C=C\C/C=C\C/C=C\CCCCC)C(O)/C=C/CCCCCCCCCCCC. The van der Waals surface area contributed by atoms with Crippen molar-refractivity contribution in [3.63, 3.8) is 0 Å². The fourth-order valence-electron chi connectivity index (χ4n) is 8.52. The van der Waals surface area contributed by atoms with Gasteiger partial charge in [0.1, 0.15) is 24.4 Å². The lowest BCUT2D eigenvalue weighted by molar-refractivity contribution is -0.305. The fourth-order valence-corrected chi connectivity index (χ4v) is 8.52. The van der Waals surface area contributed by atoms with E-state index in [0.29, 0.717) is 12.8 Å². The molecule has 0 radical (unpaired) electrons. The van der Waals surface area contributed by atoms with Gasteiger partial charge >= 0.3 is 5.97 Å². The first-order valence-corrected chi connectivity index (χ1v) is 28.7. The number of aliphatic hydroxyl groups excluding tert-OH is 5. The van der Waals surface area contributed by atoms with Gasteiger partial charge in [-0.1, -0.05) is 209 Å². The van der Waals surface area contributed by atoms with Crippen molar-refractivity contribution in [2.45, 2.75) is 282 Å². The van der Waals surface area contributed by atoms with Gasteiger partial charge in [-0.2, -0.15) is 0 Å². The zero-order valence-electron chi connectivity index (χ0n) is 45.1. The molecule has 1 saturated heterocycles. The van der Waals surface area contributed by atoms with Crippen LogP contribution in [0.25, 0.3) is 0 Å². The first-order chi connectivity index (χ1) is 34.7. The molecule has 8 unspecified atom stereocenters. The number of amides is 1. The number of esters is 1. The zero-order valence-corrected chi connectivity index (χ0v) is 45.1. The van der Waals surface area contributed by atoms with Crippen LogP contribution in [0.5, 0.6) is 0 Å². The summed E-state index contributed by atoms with van der Waals surface area (Å²) in [4.78, 5) is 26.4. The molecule has 8 atom stereocenters. The Labute approximate surface area is 432 Å². The van der Waals surface area contributed by atoms with E-state index in [1.165, 1.54) is 70.6 Å². The maximum Gasteiger partial charge on any atom is 0.306 e. The second-order valence-electron chi connectivity index (χ2n) is 19.6. The van der Waals surface area contributed by atoms with E-state index in [0.717, 1.165) is 116 Å². The topological polar surface area (TPSA) is 175 Å². The standard InChI is InChI=1S/C60H105NO10/c1-4-7-10-13-16-19-22-25-26-27-28-30-33-36-39-42-45-48-55(65)71-58-57(67)56(66)54(49-62)70-60(58)69-50-51(52(63)46-43-40-37-34-31-24-21-18-15-12-9-6-3)61-59(68)53(64)47-44-41-38-35-32-29-23-20-17-14-11-8-5-2/h8,11,16-17,19-20,25-26,28,30,43,46,51-54,56-58,60,62-64,66-67H,4-7,9-10,12-15,18,21-24,27,29,31-42,44-45,47-50H2,1-3H3,(H,61,68)/b11-8+,19-16-,20-17+,26-25-,30-28-,46-43+. The molecule has 71 heavy (non-hydrogen) atoms. The fraction of sp³-hybridized carbons (Fsp3) is 0.767. The van der Waals surface area contributed by atoms with E-state index in [1.807, 2.05) is 6.08 Å². The highest BCUT2D eigenvalue weighted by Crippen LogP contribution is 2.26. The number of unbranched alkanes of at least 4 members (excludes halogenated alkanes) is 23. The molecule has 1 aliphatic heterocycles. The van der Waals surface area contributed by atoms with Gasteiger partial charge in [0.2, 0.25) is 5.91 Å². The minimum absolute atomic E-state index is 0.0945. The average Bonchev–Trinajstić information content (AvgIpc) is 3.37. The number of aliphatic hydroxyl groups is 5. The molecule has 0 aromatic carbocycles. The van der Waals surface area contributed by atoms with Crippen LogP contribution in [0.2, 0.25) is 0 Å². The number of hydrogen-bond donors (Lipinski definition) is 6. The largest absolute Gasteiger partial charge is 0.454 e. The molecule has 6 N–H and O–H groups in total. The van der Waals surface area contributed by atoms with Gasteiger partial charge in [-0.15, -0.1) is 0 Å². The van der Waals surface area contributed by atoms with Gasteiger partial charge in [0, 0.05) is 6.42 Å². The van der Waals surface area contributed by atoms with Crippen LogP contribution in [0.1, 0.15) is 233 Å². The van der Waals surface area contributed by atoms with Crippen molar-refractivity contribution in [1.82, 2.24) is 5.32 Å². The Balaban J connectivity index is 2.75. The predicted octanol–water partition coefficient (Wildman–Crippen LogP) is 12.8. The monoisotopic (exact) mass is 1000 g/mol. The van der Waals surface area contributed by atoms with Gasteiger partial charge in [0.05, 0.1) is 25.4 Å². The third kappa shape index (κ3) is 36.6. The second-order valence-corrected chi connectivity index (χ2v) is 19.6. The smallest absolute Gasteiger partial charge is 0.306 e. The highest BCUT2D eigenvalue weighted by molar-refractivity contribution is 5.80. The molecule has 0 aromatic rings. The molecule has 1 heterocycles. The molecule has 0 aromatic heterocycles. The maximum atomic E-state index is 13.4. The van der Waals surface area contributed by atoms with Gasteiger partial charge in [-0.05, 0) is 89.9 Å². The summed E-state index contributed by atoms with van der Waals surface area (Å²) in [5.41, 5.74) is 0. The molecule has 1 fully saturated rings. The van der Waals surface area contributed by atoms with Crippen LogP contribution >= 0.6 is 0 Å². The Bertz CT molecular complexity index is 1430. The molecule has 0 bridgehead atoms. The highest BCUT2D eigenvalue weighted by Gasteiger charge is 2.47. The summed E-state index contributed by atoms with van der Waals surface area (Å²) in [5, 5.41) is 56.8. The summed E-state index contributed by atoms with van der Waals surface area (Å²) in [6, 6.07) is -1.03. The molecule has 0 saturated carbocycles. The van der Waals surface area contributed by atoms with Crippen molar-refractivity contribution < 1.29 is 49.3 Å².